The second-order valence-electron chi connectivity index (χ2n) is 7.21. The normalized spacial score (nSPS) is 12.7. The Labute approximate surface area is 189 Å². The van der Waals surface area contributed by atoms with E-state index in [-0.39, 0.29) is 27.8 Å². The van der Waals surface area contributed by atoms with Crippen molar-refractivity contribution in [2.24, 2.45) is 0 Å². The monoisotopic (exact) mass is 463 g/mol. The number of carboxylic acids is 1. The molecule has 4 rings (SSSR count). The SMILES string of the molecule is COc1ccc(/C=C2\c3cc([N+](=O)[O-])cc(C(=O)O)c3-c3c2cc([N+](=O)[O-])cc3[N+](=O)[O-])cc1. The van der Waals surface area contributed by atoms with Crippen molar-refractivity contribution in [1.29, 1.82) is 0 Å². The number of carbonyl (C=O) groups is 1. The van der Waals surface area contributed by atoms with Crippen molar-refractivity contribution < 1.29 is 29.4 Å². The highest BCUT2D eigenvalue weighted by Gasteiger charge is 2.38. The maximum atomic E-state index is 12.0. The van der Waals surface area contributed by atoms with E-state index in [1.165, 1.54) is 13.2 Å². The number of methoxy groups -OCH3 is 1. The molecule has 0 amide bonds. The molecule has 0 heterocycles. The maximum Gasteiger partial charge on any atom is 0.336 e. The van der Waals surface area contributed by atoms with Gasteiger partial charge < -0.3 is 9.84 Å². The summed E-state index contributed by atoms with van der Waals surface area (Å²) in [5, 5.41) is 44.5. The fraction of sp³-hybridized carbons (Fsp3) is 0.0455. The van der Waals surface area contributed by atoms with E-state index in [2.05, 4.69) is 0 Å². The number of nitro benzene ring substituents is 3. The predicted octanol–water partition coefficient (Wildman–Crippen LogP) is 4.69. The molecule has 12 nitrogen and oxygen atoms in total. The first kappa shape index (κ1) is 22.1. The van der Waals surface area contributed by atoms with Crippen LogP contribution >= 0.6 is 0 Å². The molecule has 0 spiro atoms. The first-order valence-electron chi connectivity index (χ1n) is 9.51. The van der Waals surface area contributed by atoms with Crippen LogP contribution in [0.4, 0.5) is 17.1 Å². The van der Waals surface area contributed by atoms with Crippen LogP contribution in [0.3, 0.4) is 0 Å². The van der Waals surface area contributed by atoms with Crippen LogP contribution in [0.15, 0.2) is 48.5 Å². The quantitative estimate of drug-likeness (QED) is 0.314. The van der Waals surface area contributed by atoms with E-state index in [0.29, 0.717) is 11.3 Å². The molecular weight excluding hydrogens is 450 g/mol. The Kier molecular flexibility index (Phi) is 5.25. The molecule has 1 N–H and O–H groups in total. The molecule has 0 aliphatic heterocycles. The molecule has 3 aromatic rings. The second-order valence-corrected chi connectivity index (χ2v) is 7.21. The first-order chi connectivity index (χ1) is 16.1. The number of benzene rings is 3. The van der Waals surface area contributed by atoms with Crippen molar-refractivity contribution in [3.05, 3.63) is 101 Å². The molecule has 1 aliphatic rings. The van der Waals surface area contributed by atoms with Crippen molar-refractivity contribution >= 4 is 34.7 Å². The lowest BCUT2D eigenvalue weighted by atomic mass is 9.96. The van der Waals surface area contributed by atoms with Gasteiger partial charge in [-0.1, -0.05) is 12.1 Å². The zero-order valence-corrected chi connectivity index (χ0v) is 17.3. The maximum absolute atomic E-state index is 12.0. The summed E-state index contributed by atoms with van der Waals surface area (Å²) >= 11 is 0. The molecule has 0 aromatic heterocycles. The highest BCUT2D eigenvalue weighted by Crippen LogP contribution is 2.53. The Morgan fingerprint density at radius 1 is 0.853 bits per heavy atom. The summed E-state index contributed by atoms with van der Waals surface area (Å²) in [4.78, 5) is 44.4. The molecule has 0 saturated heterocycles. The Balaban J connectivity index is 2.15. The van der Waals surface area contributed by atoms with Gasteiger partial charge in [0.15, 0.2) is 0 Å². The van der Waals surface area contributed by atoms with Crippen molar-refractivity contribution in [3.63, 3.8) is 0 Å². The average molecular weight is 463 g/mol. The predicted molar refractivity (Wildman–Crippen MR) is 119 cm³/mol. The van der Waals surface area contributed by atoms with Gasteiger partial charge in [-0.3, -0.25) is 30.3 Å². The number of aromatic carboxylic acids is 1. The number of nitrogens with zero attached hydrogens (tertiary/aromatic N) is 3. The van der Waals surface area contributed by atoms with Crippen LogP contribution in [0.2, 0.25) is 0 Å². The van der Waals surface area contributed by atoms with Gasteiger partial charge in [0.05, 0.1) is 39.1 Å². The van der Waals surface area contributed by atoms with Crippen LogP contribution in [0.25, 0.3) is 22.8 Å². The van der Waals surface area contributed by atoms with Crippen LogP contribution in [0, 0.1) is 30.3 Å². The third kappa shape index (κ3) is 3.58. The van der Waals surface area contributed by atoms with E-state index in [9.17, 15) is 40.2 Å². The summed E-state index contributed by atoms with van der Waals surface area (Å²) in [5.74, 6) is -0.992. The first-order valence-corrected chi connectivity index (χ1v) is 9.51. The molecule has 0 radical (unpaired) electrons. The summed E-state index contributed by atoms with van der Waals surface area (Å²) in [7, 11) is 1.47. The van der Waals surface area contributed by atoms with E-state index in [1.807, 2.05) is 0 Å². The topological polar surface area (TPSA) is 176 Å². The van der Waals surface area contributed by atoms with E-state index >= 15 is 0 Å². The van der Waals surface area contributed by atoms with Crippen LogP contribution < -0.4 is 4.74 Å². The van der Waals surface area contributed by atoms with Gasteiger partial charge in [-0.05, 0) is 34.9 Å². The largest absolute Gasteiger partial charge is 0.497 e. The third-order valence-corrected chi connectivity index (χ3v) is 5.33. The minimum absolute atomic E-state index is 0.0229. The molecule has 0 saturated carbocycles. The number of hydrogen-bond donors (Lipinski definition) is 1. The van der Waals surface area contributed by atoms with Gasteiger partial charge in [-0.15, -0.1) is 0 Å². The zero-order chi connectivity index (χ0) is 24.7. The number of rotatable bonds is 6. The van der Waals surface area contributed by atoms with Crippen LogP contribution in [-0.4, -0.2) is 33.0 Å². The Morgan fingerprint density at radius 2 is 1.41 bits per heavy atom. The minimum atomic E-state index is -1.54. The van der Waals surface area contributed by atoms with E-state index < -0.39 is 43.4 Å². The molecule has 0 atom stereocenters. The summed E-state index contributed by atoms with van der Waals surface area (Å²) in [5.41, 5.74) is -1.81. The Hall–Kier alpha value is -5.13. The van der Waals surface area contributed by atoms with E-state index in [1.54, 1.807) is 24.3 Å². The number of hydrogen-bond acceptors (Lipinski definition) is 8. The second kappa shape index (κ2) is 8.09. The van der Waals surface area contributed by atoms with Crippen molar-refractivity contribution in [2.75, 3.05) is 7.11 Å². The smallest absolute Gasteiger partial charge is 0.336 e. The van der Waals surface area contributed by atoms with E-state index in [4.69, 9.17) is 4.74 Å². The van der Waals surface area contributed by atoms with Gasteiger partial charge in [-0.2, -0.15) is 0 Å². The lowest BCUT2D eigenvalue weighted by Gasteiger charge is -2.07. The number of nitro groups is 3. The molecule has 1 aliphatic carbocycles. The van der Waals surface area contributed by atoms with Gasteiger partial charge in [0.2, 0.25) is 0 Å². The summed E-state index contributed by atoms with van der Waals surface area (Å²) < 4.78 is 5.11. The van der Waals surface area contributed by atoms with E-state index in [0.717, 1.165) is 24.3 Å². The van der Waals surface area contributed by atoms with Crippen LogP contribution in [-0.2, 0) is 0 Å². The molecule has 170 valence electrons. The lowest BCUT2D eigenvalue weighted by Crippen LogP contribution is -2.03. The number of ether oxygens (including phenoxy) is 1. The number of carboxylic acid groups (broad SMARTS) is 1. The van der Waals surface area contributed by atoms with Crippen molar-refractivity contribution in [1.82, 2.24) is 0 Å². The summed E-state index contributed by atoms with van der Waals surface area (Å²) in [6.07, 6.45) is 1.52. The summed E-state index contributed by atoms with van der Waals surface area (Å²) in [6, 6.07) is 10.3. The van der Waals surface area contributed by atoms with Gasteiger partial charge in [0, 0.05) is 29.3 Å². The highest BCUT2D eigenvalue weighted by atomic mass is 16.6. The molecule has 34 heavy (non-hydrogen) atoms. The standard InChI is InChI=1S/C22H13N3O9/c1-34-14-4-2-11(3-5-14)6-15-16-7-12(23(28)29)9-18(22(26)27)20(16)21-17(15)8-13(24(30)31)10-19(21)25(32)33/h2-10H,1H3,(H,26,27)/b15-6+. The van der Waals surface area contributed by atoms with Crippen LogP contribution in [0.1, 0.15) is 27.0 Å². The van der Waals surface area contributed by atoms with Crippen LogP contribution in [0.5, 0.6) is 5.75 Å². The summed E-state index contributed by atoms with van der Waals surface area (Å²) in [6.45, 7) is 0. The number of fused-ring (bicyclic) bond motifs is 3. The van der Waals surface area contributed by atoms with Crippen molar-refractivity contribution in [3.8, 4) is 16.9 Å². The Morgan fingerprint density at radius 3 is 1.91 bits per heavy atom. The lowest BCUT2D eigenvalue weighted by molar-refractivity contribution is -0.393. The fourth-order valence-electron chi connectivity index (χ4n) is 3.89. The number of non-ortho nitro benzene ring substituents is 2. The average Bonchev–Trinajstić information content (AvgIpc) is 3.11. The minimum Gasteiger partial charge on any atom is -0.497 e. The Bertz CT molecular complexity index is 1360. The zero-order valence-electron chi connectivity index (χ0n) is 17.3. The van der Waals surface area contributed by atoms with Gasteiger partial charge in [0.1, 0.15) is 5.75 Å². The molecule has 3 aromatic carbocycles. The molecule has 0 unspecified atom stereocenters. The van der Waals surface area contributed by atoms with Crippen molar-refractivity contribution in [2.45, 2.75) is 0 Å². The van der Waals surface area contributed by atoms with Gasteiger partial charge in [0.25, 0.3) is 17.1 Å². The molecule has 0 bridgehead atoms. The highest BCUT2D eigenvalue weighted by molar-refractivity contribution is 6.14. The van der Waals surface area contributed by atoms with Gasteiger partial charge in [-0.25, -0.2) is 4.79 Å². The molecular formula is C22H13N3O9. The molecule has 0 fully saturated rings. The molecule has 12 heteroatoms. The fourth-order valence-corrected chi connectivity index (χ4v) is 3.89. The third-order valence-electron chi connectivity index (χ3n) is 5.33. The van der Waals surface area contributed by atoms with Gasteiger partial charge >= 0.3 is 5.97 Å².